The van der Waals surface area contributed by atoms with E-state index in [1.165, 1.54) is 5.56 Å². The van der Waals surface area contributed by atoms with Gasteiger partial charge in [-0.05, 0) is 44.2 Å². The highest BCUT2D eigenvalue weighted by molar-refractivity contribution is 5.85. The Morgan fingerprint density at radius 1 is 1.14 bits per heavy atom. The van der Waals surface area contributed by atoms with Gasteiger partial charge >= 0.3 is 0 Å². The molecule has 0 amide bonds. The Hall–Kier alpha value is -0.260. The van der Waals surface area contributed by atoms with Gasteiger partial charge in [-0.15, -0.1) is 24.8 Å². The van der Waals surface area contributed by atoms with Gasteiger partial charge in [-0.25, -0.2) is 0 Å². The monoisotopic (exact) mass is 350 g/mol. The second kappa shape index (κ2) is 9.14. The van der Waals surface area contributed by atoms with E-state index in [-0.39, 0.29) is 24.8 Å². The third-order valence-electron chi connectivity index (χ3n) is 4.73. The van der Waals surface area contributed by atoms with Crippen molar-refractivity contribution in [2.45, 2.75) is 32.7 Å². The van der Waals surface area contributed by atoms with Crippen molar-refractivity contribution in [3.8, 4) is 0 Å². The maximum atomic E-state index is 6.08. The molecule has 2 fully saturated rings. The summed E-state index contributed by atoms with van der Waals surface area (Å²) in [7, 11) is 0. The summed E-state index contributed by atoms with van der Waals surface area (Å²) in [4.78, 5) is 2.60. The quantitative estimate of drug-likeness (QED) is 0.908. The topological polar surface area (TPSA) is 37.6 Å². The van der Waals surface area contributed by atoms with E-state index in [0.717, 1.165) is 63.8 Å². The molecule has 0 spiro atoms. The number of furan rings is 1. The lowest BCUT2D eigenvalue weighted by molar-refractivity contribution is 0.0146. The molecule has 2 aliphatic rings. The van der Waals surface area contributed by atoms with Gasteiger partial charge in [0, 0.05) is 39.4 Å². The van der Waals surface area contributed by atoms with Crippen LogP contribution in [0.2, 0.25) is 0 Å². The van der Waals surface area contributed by atoms with Crippen molar-refractivity contribution in [2.75, 3.05) is 39.4 Å². The predicted octanol–water partition coefficient (Wildman–Crippen LogP) is 3.11. The first-order valence-electron chi connectivity index (χ1n) is 7.85. The molecule has 128 valence electrons. The average molecular weight is 351 g/mol. The van der Waals surface area contributed by atoms with Crippen molar-refractivity contribution in [3.05, 3.63) is 23.2 Å². The lowest BCUT2D eigenvalue weighted by Crippen LogP contribution is -2.47. The van der Waals surface area contributed by atoms with Gasteiger partial charge in [0.15, 0.2) is 0 Å². The zero-order valence-corrected chi connectivity index (χ0v) is 15.1. The van der Waals surface area contributed by atoms with Crippen molar-refractivity contribution in [3.63, 3.8) is 0 Å². The highest BCUT2D eigenvalue weighted by Gasteiger charge is 2.33. The van der Waals surface area contributed by atoms with Gasteiger partial charge in [0.25, 0.3) is 0 Å². The number of nitrogens with one attached hydrogen (secondary N) is 1. The molecular weight excluding hydrogens is 323 g/mol. The van der Waals surface area contributed by atoms with E-state index in [2.05, 4.69) is 30.1 Å². The van der Waals surface area contributed by atoms with E-state index in [1.807, 2.05) is 0 Å². The minimum Gasteiger partial charge on any atom is -0.464 e. The number of piperazine rings is 1. The SMILES string of the molecule is Cc1cc([C@@H](C2CCOCC2)N2CCNCC2)oc1C.Cl.Cl. The van der Waals surface area contributed by atoms with Crippen LogP contribution in [-0.4, -0.2) is 44.3 Å². The third kappa shape index (κ3) is 4.39. The van der Waals surface area contributed by atoms with Crippen molar-refractivity contribution in [1.29, 1.82) is 0 Å². The minimum absolute atomic E-state index is 0. The molecule has 0 bridgehead atoms. The number of nitrogens with zero attached hydrogens (tertiary/aromatic N) is 1. The summed E-state index contributed by atoms with van der Waals surface area (Å²) >= 11 is 0. The minimum atomic E-state index is 0. The van der Waals surface area contributed by atoms with Gasteiger partial charge in [-0.1, -0.05) is 0 Å². The van der Waals surface area contributed by atoms with E-state index in [9.17, 15) is 0 Å². The molecule has 2 saturated heterocycles. The maximum absolute atomic E-state index is 6.08. The molecule has 3 rings (SSSR count). The van der Waals surface area contributed by atoms with Crippen LogP contribution < -0.4 is 5.32 Å². The van der Waals surface area contributed by atoms with Crippen LogP contribution in [0.25, 0.3) is 0 Å². The van der Waals surface area contributed by atoms with Gasteiger partial charge in [-0.3, -0.25) is 4.90 Å². The molecule has 1 N–H and O–H groups in total. The van der Waals surface area contributed by atoms with E-state index >= 15 is 0 Å². The summed E-state index contributed by atoms with van der Waals surface area (Å²) in [5.41, 5.74) is 1.27. The molecule has 2 aliphatic heterocycles. The Balaban J connectivity index is 0.00000121. The number of rotatable bonds is 3. The van der Waals surface area contributed by atoms with Gasteiger partial charge < -0.3 is 14.5 Å². The lowest BCUT2D eigenvalue weighted by atomic mass is 9.88. The molecule has 1 aromatic heterocycles. The average Bonchev–Trinajstić information content (AvgIpc) is 2.81. The molecule has 3 heterocycles. The second-order valence-corrected chi connectivity index (χ2v) is 6.07. The number of hydrogen-bond acceptors (Lipinski definition) is 4. The highest BCUT2D eigenvalue weighted by Crippen LogP contribution is 2.36. The standard InChI is InChI=1S/C16H26N2O2.2ClH/c1-12-11-15(20-13(12)2)16(14-3-9-19-10-4-14)18-7-5-17-6-8-18;;/h11,14,16-17H,3-10H2,1-2H3;2*1H/t16-;;/m1../s1. The first-order valence-corrected chi connectivity index (χ1v) is 7.85. The molecule has 1 aromatic rings. The second-order valence-electron chi connectivity index (χ2n) is 6.07. The molecular formula is C16H28Cl2N2O2. The summed E-state index contributed by atoms with van der Waals surface area (Å²) in [5, 5.41) is 3.44. The Kier molecular flexibility index (Phi) is 8.22. The van der Waals surface area contributed by atoms with Crippen molar-refractivity contribution >= 4 is 24.8 Å². The molecule has 22 heavy (non-hydrogen) atoms. The molecule has 4 nitrogen and oxygen atoms in total. The number of aryl methyl sites for hydroxylation is 2. The number of ether oxygens (including phenoxy) is 1. The van der Waals surface area contributed by atoms with Gasteiger partial charge in [0.1, 0.15) is 11.5 Å². The van der Waals surface area contributed by atoms with E-state index in [1.54, 1.807) is 0 Å². The molecule has 0 saturated carbocycles. The zero-order chi connectivity index (χ0) is 13.9. The van der Waals surface area contributed by atoms with Gasteiger partial charge in [0.2, 0.25) is 0 Å². The van der Waals surface area contributed by atoms with Crippen molar-refractivity contribution < 1.29 is 9.15 Å². The molecule has 0 unspecified atom stereocenters. The molecule has 6 heteroatoms. The predicted molar refractivity (Wildman–Crippen MR) is 93.4 cm³/mol. The van der Waals surface area contributed by atoms with Crippen LogP contribution in [0.1, 0.15) is 36.0 Å². The van der Waals surface area contributed by atoms with Crippen molar-refractivity contribution in [1.82, 2.24) is 10.2 Å². The molecule has 1 atom stereocenters. The largest absolute Gasteiger partial charge is 0.464 e. The summed E-state index contributed by atoms with van der Waals surface area (Å²) in [5.74, 6) is 2.88. The lowest BCUT2D eigenvalue weighted by Gasteiger charge is -2.39. The first kappa shape index (κ1) is 19.8. The first-order chi connectivity index (χ1) is 9.75. The Morgan fingerprint density at radius 3 is 2.32 bits per heavy atom. The van der Waals surface area contributed by atoms with Crippen LogP contribution in [0.4, 0.5) is 0 Å². The summed E-state index contributed by atoms with van der Waals surface area (Å²) in [6.07, 6.45) is 2.29. The van der Waals surface area contributed by atoms with E-state index in [4.69, 9.17) is 9.15 Å². The van der Waals surface area contributed by atoms with Gasteiger partial charge in [0.05, 0.1) is 6.04 Å². The molecule has 0 radical (unpaired) electrons. The Morgan fingerprint density at radius 2 is 1.77 bits per heavy atom. The van der Waals surface area contributed by atoms with Crippen LogP contribution in [0.5, 0.6) is 0 Å². The van der Waals surface area contributed by atoms with Crippen LogP contribution in [0.15, 0.2) is 10.5 Å². The van der Waals surface area contributed by atoms with Gasteiger partial charge in [-0.2, -0.15) is 0 Å². The highest BCUT2D eigenvalue weighted by atomic mass is 35.5. The van der Waals surface area contributed by atoms with Crippen LogP contribution in [-0.2, 0) is 4.74 Å². The summed E-state index contributed by atoms with van der Waals surface area (Å²) < 4.78 is 11.6. The fraction of sp³-hybridized carbons (Fsp3) is 0.750. The zero-order valence-electron chi connectivity index (χ0n) is 13.5. The number of halogens is 2. The third-order valence-corrected chi connectivity index (χ3v) is 4.73. The van der Waals surface area contributed by atoms with Crippen molar-refractivity contribution in [2.24, 2.45) is 5.92 Å². The smallest absolute Gasteiger partial charge is 0.121 e. The maximum Gasteiger partial charge on any atom is 0.121 e. The Bertz CT molecular complexity index is 404. The number of hydrogen-bond donors (Lipinski definition) is 1. The summed E-state index contributed by atoms with van der Waals surface area (Å²) in [6.45, 7) is 10.4. The van der Waals surface area contributed by atoms with Crippen LogP contribution in [0, 0.1) is 19.8 Å². The summed E-state index contributed by atoms with van der Waals surface area (Å²) in [6, 6.07) is 2.67. The normalized spacial score (nSPS) is 21.7. The van der Waals surface area contributed by atoms with Crippen LogP contribution >= 0.6 is 24.8 Å². The van der Waals surface area contributed by atoms with E-state index in [0.29, 0.717) is 12.0 Å². The van der Waals surface area contributed by atoms with Crippen LogP contribution in [0.3, 0.4) is 0 Å². The van der Waals surface area contributed by atoms with E-state index < -0.39 is 0 Å². The molecule has 0 aliphatic carbocycles. The molecule has 0 aromatic carbocycles. The Labute approximate surface area is 145 Å². The fourth-order valence-electron chi connectivity index (χ4n) is 3.45. The fourth-order valence-corrected chi connectivity index (χ4v) is 3.45.